The fourth-order valence-corrected chi connectivity index (χ4v) is 2.91. The molecular weight excluding hydrogens is 334 g/mol. The van der Waals surface area contributed by atoms with Gasteiger partial charge in [0.2, 0.25) is 0 Å². The van der Waals surface area contributed by atoms with Crippen LogP contribution in [0.5, 0.6) is 0 Å². The standard InChI is InChI=1S/C15H16BrN3O2/c1-9(21-3)8-19-14-11-6-10(16)4-5-12(11)17-7-13(14)18(2)15(19)20/h4-7,9H,8H2,1-3H3/t9-/m0/s1. The normalized spacial score (nSPS) is 13.1. The molecule has 3 rings (SSSR count). The van der Waals surface area contributed by atoms with Gasteiger partial charge in [-0.25, -0.2) is 4.79 Å². The molecule has 0 bridgehead atoms. The summed E-state index contributed by atoms with van der Waals surface area (Å²) in [5.41, 5.74) is 2.55. The molecular formula is C15H16BrN3O2. The van der Waals surface area contributed by atoms with Crippen LogP contribution in [-0.4, -0.2) is 27.3 Å². The van der Waals surface area contributed by atoms with Crippen molar-refractivity contribution >= 4 is 37.9 Å². The molecule has 2 aromatic heterocycles. The Bertz CT molecular complexity index is 882. The van der Waals surface area contributed by atoms with Crippen molar-refractivity contribution in [3.8, 4) is 0 Å². The monoisotopic (exact) mass is 349 g/mol. The molecule has 110 valence electrons. The second kappa shape index (κ2) is 5.27. The summed E-state index contributed by atoms with van der Waals surface area (Å²) in [6, 6.07) is 5.89. The second-order valence-electron chi connectivity index (χ2n) is 5.15. The average molecular weight is 350 g/mol. The van der Waals surface area contributed by atoms with E-state index in [1.807, 2.05) is 25.1 Å². The van der Waals surface area contributed by atoms with Crippen molar-refractivity contribution < 1.29 is 4.74 Å². The highest BCUT2D eigenvalue weighted by molar-refractivity contribution is 9.10. The molecule has 0 amide bonds. The van der Waals surface area contributed by atoms with Crippen LogP contribution >= 0.6 is 15.9 Å². The molecule has 0 N–H and O–H groups in total. The van der Waals surface area contributed by atoms with Crippen molar-refractivity contribution in [1.82, 2.24) is 14.1 Å². The Morgan fingerprint density at radius 2 is 2.19 bits per heavy atom. The summed E-state index contributed by atoms with van der Waals surface area (Å²) in [5.74, 6) is 0. The first kappa shape index (κ1) is 14.3. The van der Waals surface area contributed by atoms with Crippen LogP contribution in [0.4, 0.5) is 0 Å². The molecule has 6 heteroatoms. The topological polar surface area (TPSA) is 49.0 Å². The number of aryl methyl sites for hydroxylation is 1. The van der Waals surface area contributed by atoms with Gasteiger partial charge in [-0.15, -0.1) is 0 Å². The lowest BCUT2D eigenvalue weighted by atomic mass is 10.2. The number of aromatic nitrogens is 3. The Morgan fingerprint density at radius 3 is 2.90 bits per heavy atom. The fraction of sp³-hybridized carbons (Fsp3) is 0.333. The van der Waals surface area contributed by atoms with Crippen LogP contribution in [0.2, 0.25) is 0 Å². The minimum Gasteiger partial charge on any atom is -0.380 e. The maximum absolute atomic E-state index is 12.5. The molecule has 5 nitrogen and oxygen atoms in total. The van der Waals surface area contributed by atoms with E-state index in [1.165, 1.54) is 0 Å². The van der Waals surface area contributed by atoms with E-state index in [2.05, 4.69) is 20.9 Å². The zero-order valence-electron chi connectivity index (χ0n) is 12.1. The number of ether oxygens (including phenoxy) is 1. The lowest BCUT2D eigenvalue weighted by Crippen LogP contribution is -2.27. The van der Waals surface area contributed by atoms with E-state index in [0.717, 1.165) is 26.4 Å². The van der Waals surface area contributed by atoms with Crippen molar-refractivity contribution in [2.45, 2.75) is 19.6 Å². The lowest BCUT2D eigenvalue weighted by Gasteiger charge is -2.11. The van der Waals surface area contributed by atoms with Gasteiger partial charge in [-0.1, -0.05) is 15.9 Å². The Morgan fingerprint density at radius 1 is 1.43 bits per heavy atom. The quantitative estimate of drug-likeness (QED) is 0.730. The number of halogens is 1. The number of nitrogens with zero attached hydrogens (tertiary/aromatic N) is 3. The van der Waals surface area contributed by atoms with E-state index in [0.29, 0.717) is 6.54 Å². The van der Waals surface area contributed by atoms with Gasteiger partial charge in [0, 0.05) is 24.0 Å². The SMILES string of the molecule is CO[C@@H](C)Cn1c(=O)n(C)c2cnc3ccc(Br)cc3c21. The molecule has 0 radical (unpaired) electrons. The molecule has 1 atom stereocenters. The predicted octanol–water partition coefficient (Wildman–Crippen LogP) is 2.69. The molecule has 0 saturated carbocycles. The number of pyridine rings is 1. The van der Waals surface area contributed by atoms with E-state index in [1.54, 1.807) is 29.5 Å². The van der Waals surface area contributed by atoms with Gasteiger partial charge in [0.05, 0.1) is 35.4 Å². The molecule has 0 fully saturated rings. The highest BCUT2D eigenvalue weighted by Gasteiger charge is 2.16. The van der Waals surface area contributed by atoms with Gasteiger partial charge in [0.15, 0.2) is 0 Å². The number of rotatable bonds is 3. The van der Waals surface area contributed by atoms with Gasteiger partial charge >= 0.3 is 5.69 Å². The summed E-state index contributed by atoms with van der Waals surface area (Å²) in [5, 5.41) is 0.961. The summed E-state index contributed by atoms with van der Waals surface area (Å²) in [6.45, 7) is 2.46. The summed E-state index contributed by atoms with van der Waals surface area (Å²) < 4.78 is 9.67. The number of hydrogen-bond acceptors (Lipinski definition) is 3. The maximum atomic E-state index is 12.5. The van der Waals surface area contributed by atoms with Crippen LogP contribution in [-0.2, 0) is 18.3 Å². The van der Waals surface area contributed by atoms with Crippen LogP contribution in [0.15, 0.2) is 33.7 Å². The summed E-state index contributed by atoms with van der Waals surface area (Å²) in [6.07, 6.45) is 1.71. The largest absolute Gasteiger partial charge is 0.380 e. The van der Waals surface area contributed by atoms with Crippen molar-refractivity contribution in [3.63, 3.8) is 0 Å². The number of methoxy groups -OCH3 is 1. The van der Waals surface area contributed by atoms with Crippen LogP contribution in [0.1, 0.15) is 6.92 Å². The Balaban J connectivity index is 2.42. The molecule has 1 aromatic carbocycles. The molecule has 0 aliphatic carbocycles. The van der Waals surface area contributed by atoms with Gasteiger partial charge in [-0.05, 0) is 25.1 Å². The lowest BCUT2D eigenvalue weighted by molar-refractivity contribution is 0.103. The third kappa shape index (κ3) is 2.28. The Kier molecular flexibility index (Phi) is 3.59. The third-order valence-corrected chi connectivity index (χ3v) is 4.27. The van der Waals surface area contributed by atoms with Gasteiger partial charge in [-0.2, -0.15) is 0 Å². The van der Waals surface area contributed by atoms with Crippen molar-refractivity contribution in [3.05, 3.63) is 39.4 Å². The first-order chi connectivity index (χ1) is 10.0. The Hall–Kier alpha value is -1.66. The van der Waals surface area contributed by atoms with Crippen LogP contribution in [0, 0.1) is 0 Å². The van der Waals surface area contributed by atoms with Crippen LogP contribution < -0.4 is 5.69 Å². The smallest absolute Gasteiger partial charge is 0.328 e. The highest BCUT2D eigenvalue weighted by atomic mass is 79.9. The molecule has 21 heavy (non-hydrogen) atoms. The zero-order chi connectivity index (χ0) is 15.1. The van der Waals surface area contributed by atoms with Crippen molar-refractivity contribution in [1.29, 1.82) is 0 Å². The number of fused-ring (bicyclic) bond motifs is 3. The molecule has 0 spiro atoms. The first-order valence-corrected chi connectivity index (χ1v) is 7.48. The van der Waals surface area contributed by atoms with Crippen molar-refractivity contribution in [2.24, 2.45) is 7.05 Å². The van der Waals surface area contributed by atoms with E-state index in [4.69, 9.17) is 4.74 Å². The predicted molar refractivity (Wildman–Crippen MR) is 86.7 cm³/mol. The van der Waals surface area contributed by atoms with Gasteiger partial charge < -0.3 is 4.74 Å². The summed E-state index contributed by atoms with van der Waals surface area (Å²) in [4.78, 5) is 16.9. The second-order valence-corrected chi connectivity index (χ2v) is 6.07. The maximum Gasteiger partial charge on any atom is 0.328 e. The summed E-state index contributed by atoms with van der Waals surface area (Å²) in [7, 11) is 3.42. The third-order valence-electron chi connectivity index (χ3n) is 3.77. The molecule has 2 heterocycles. The van der Waals surface area contributed by atoms with E-state index >= 15 is 0 Å². The first-order valence-electron chi connectivity index (χ1n) is 6.69. The Labute approximate surface area is 130 Å². The molecule has 0 aliphatic rings. The van der Waals surface area contributed by atoms with E-state index in [-0.39, 0.29) is 11.8 Å². The molecule has 3 aromatic rings. The molecule has 0 saturated heterocycles. The minimum atomic E-state index is -0.0526. The molecule has 0 unspecified atom stereocenters. The van der Waals surface area contributed by atoms with E-state index in [9.17, 15) is 4.79 Å². The van der Waals surface area contributed by atoms with E-state index < -0.39 is 0 Å². The van der Waals surface area contributed by atoms with Gasteiger partial charge in [0.1, 0.15) is 0 Å². The summed E-state index contributed by atoms with van der Waals surface area (Å²) >= 11 is 3.49. The average Bonchev–Trinajstić information content (AvgIpc) is 2.72. The van der Waals surface area contributed by atoms with Crippen molar-refractivity contribution in [2.75, 3.05) is 7.11 Å². The molecule has 0 aliphatic heterocycles. The van der Waals surface area contributed by atoms with Gasteiger partial charge in [-0.3, -0.25) is 14.1 Å². The number of benzene rings is 1. The fourth-order valence-electron chi connectivity index (χ4n) is 2.55. The number of hydrogen-bond donors (Lipinski definition) is 0. The minimum absolute atomic E-state index is 0.0383. The van der Waals surface area contributed by atoms with Crippen LogP contribution in [0.25, 0.3) is 21.9 Å². The zero-order valence-corrected chi connectivity index (χ0v) is 13.7. The highest BCUT2D eigenvalue weighted by Crippen LogP contribution is 2.26. The van der Waals surface area contributed by atoms with Crippen LogP contribution in [0.3, 0.4) is 0 Å². The van der Waals surface area contributed by atoms with Gasteiger partial charge in [0.25, 0.3) is 0 Å². The number of imidazole rings is 1.